The fourth-order valence-electron chi connectivity index (χ4n) is 7.63. The number of nitro groups is 3. The summed E-state index contributed by atoms with van der Waals surface area (Å²) in [6.07, 6.45) is 7.78. The van der Waals surface area contributed by atoms with E-state index in [2.05, 4.69) is 73.4 Å². The smallest absolute Gasteiger partial charge is 0.269 e. The normalized spacial score (nSPS) is 11.0. The lowest BCUT2D eigenvalue weighted by molar-refractivity contribution is -0.385. The first-order valence-electron chi connectivity index (χ1n) is 22.5. The number of anilines is 3. The molecule has 0 aliphatic rings. The third-order valence-corrected chi connectivity index (χ3v) is 11.8. The number of rotatable bonds is 24. The third kappa shape index (κ3) is 17.2. The summed E-state index contributed by atoms with van der Waals surface area (Å²) in [7, 11) is 0. The second-order valence-electron chi connectivity index (χ2n) is 17.5. The van der Waals surface area contributed by atoms with E-state index in [1.165, 1.54) is 69.8 Å². The summed E-state index contributed by atoms with van der Waals surface area (Å²) in [5, 5.41) is 54.7. The molecule has 4 rings (SSSR count). The van der Waals surface area contributed by atoms with E-state index in [4.69, 9.17) is 36.7 Å². The minimum absolute atomic E-state index is 0.00119. The highest BCUT2D eigenvalue weighted by molar-refractivity contribution is 7.80. The van der Waals surface area contributed by atoms with Crippen LogP contribution in [0.5, 0.6) is 0 Å². The van der Waals surface area contributed by atoms with Gasteiger partial charge in [-0.1, -0.05) is 41.5 Å². The molecular weight excluding hydrogens is 895 g/mol. The molecule has 0 heterocycles. The van der Waals surface area contributed by atoms with Crippen LogP contribution in [0.3, 0.4) is 0 Å². The minimum atomic E-state index is -0.434. The molecule has 0 fully saturated rings. The van der Waals surface area contributed by atoms with Crippen molar-refractivity contribution in [1.82, 2.24) is 16.0 Å². The van der Waals surface area contributed by atoms with Crippen LogP contribution in [-0.2, 0) is 38.5 Å². The van der Waals surface area contributed by atoms with Crippen molar-refractivity contribution in [3.63, 3.8) is 0 Å². The zero-order valence-electron chi connectivity index (χ0n) is 38.7. The van der Waals surface area contributed by atoms with Gasteiger partial charge in [-0.3, -0.25) is 30.3 Å². The zero-order chi connectivity index (χ0) is 48.3. The van der Waals surface area contributed by atoms with E-state index < -0.39 is 14.8 Å². The van der Waals surface area contributed by atoms with Crippen LogP contribution in [0.4, 0.5) is 34.1 Å². The first-order valence-corrected chi connectivity index (χ1v) is 23.7. The highest BCUT2D eigenvalue weighted by atomic mass is 32.1. The maximum Gasteiger partial charge on any atom is 0.269 e. The summed E-state index contributed by atoms with van der Waals surface area (Å²) in [6.45, 7) is 15.2. The number of thiocarbonyl (C=S) groups is 3. The van der Waals surface area contributed by atoms with Gasteiger partial charge in [-0.05, 0) is 182 Å². The van der Waals surface area contributed by atoms with Crippen molar-refractivity contribution in [3.05, 3.63) is 137 Å². The van der Waals surface area contributed by atoms with Gasteiger partial charge in [-0.15, -0.1) is 0 Å². The molecule has 18 heteroatoms. The predicted molar refractivity (Wildman–Crippen MR) is 279 cm³/mol. The number of hydrogen-bond donors (Lipinski definition) is 6. The van der Waals surface area contributed by atoms with Crippen molar-refractivity contribution >= 4 is 86.1 Å². The molecule has 0 atom stereocenters. The molecule has 6 N–H and O–H groups in total. The molecule has 15 nitrogen and oxygen atoms in total. The van der Waals surface area contributed by atoms with Crippen LogP contribution in [0.1, 0.15) is 94.2 Å². The lowest BCUT2D eigenvalue weighted by atomic mass is 9.77. The van der Waals surface area contributed by atoms with Crippen LogP contribution >= 0.6 is 36.7 Å². The van der Waals surface area contributed by atoms with Crippen LogP contribution in [-0.4, -0.2) is 49.7 Å². The lowest BCUT2D eigenvalue weighted by Crippen LogP contribution is -2.32. The SMILES string of the molecule is CC(C)CCc1c(CCNC(=S)Nc2ccc([N+](=O)[O-])cc2)c(CCC(C)C)c(CCNC(=S)Nc2ccc([N+](=O)[O-])cc2)c(CCC(C)C)c1CCNC(=S)Nc1ccc([N+](=O)[O-])cc1. The molecule has 0 radical (unpaired) electrons. The fourth-order valence-corrected chi connectivity index (χ4v) is 8.29. The summed E-state index contributed by atoms with van der Waals surface area (Å²) < 4.78 is 0. The molecule has 0 aliphatic heterocycles. The van der Waals surface area contributed by atoms with Gasteiger partial charge in [0.15, 0.2) is 15.3 Å². The number of nitro benzene ring substituents is 3. The van der Waals surface area contributed by atoms with Gasteiger partial charge in [-0.25, -0.2) is 0 Å². The van der Waals surface area contributed by atoms with E-state index in [1.54, 1.807) is 36.4 Å². The molecular formula is C48H63N9O6S3. The molecule has 0 unspecified atom stereocenters. The van der Waals surface area contributed by atoms with Gasteiger partial charge >= 0.3 is 0 Å². The average molecular weight is 958 g/mol. The van der Waals surface area contributed by atoms with Crippen molar-refractivity contribution in [2.45, 2.75) is 99.3 Å². The summed E-state index contributed by atoms with van der Waals surface area (Å²) >= 11 is 17.2. The molecule has 0 aromatic heterocycles. The van der Waals surface area contributed by atoms with Gasteiger partial charge in [0.1, 0.15) is 0 Å². The molecule has 66 heavy (non-hydrogen) atoms. The van der Waals surface area contributed by atoms with Crippen LogP contribution in [0.25, 0.3) is 0 Å². The number of hydrogen-bond acceptors (Lipinski definition) is 9. The molecule has 0 spiro atoms. The Labute approximate surface area is 404 Å². The second kappa shape index (κ2) is 26.3. The molecule has 354 valence electrons. The predicted octanol–water partition coefficient (Wildman–Crippen LogP) is 10.8. The second-order valence-corrected chi connectivity index (χ2v) is 18.7. The van der Waals surface area contributed by atoms with E-state index in [0.29, 0.717) is 89.0 Å². The Morgan fingerprint density at radius 3 is 0.818 bits per heavy atom. The standard InChI is InChI=1S/C48H63N9O6S3/c1-31(2)7-22-40-43(25-28-49-46(64)52-34-10-16-37(17-11-34)55(58)59)41(23-8-32(3)4)45(27-30-51-48(66)54-36-14-20-39(21-15-36)57(62)63)42(24-9-33(5)6)44(40)26-29-50-47(65)53-35-12-18-38(19-13-35)56(60)61/h10-21,31-33H,7-9,22-30H2,1-6H3,(H2,49,52,64)(H2,50,53,65)(H2,51,54,66). The van der Waals surface area contributed by atoms with Crippen LogP contribution in [0.2, 0.25) is 0 Å². The molecule has 0 bridgehead atoms. The Bertz CT molecular complexity index is 2030. The molecule has 0 saturated heterocycles. The zero-order valence-corrected chi connectivity index (χ0v) is 41.1. The van der Waals surface area contributed by atoms with E-state index in [-0.39, 0.29) is 17.1 Å². The fraction of sp³-hybridized carbons (Fsp3) is 0.438. The van der Waals surface area contributed by atoms with Crippen molar-refractivity contribution in [2.24, 2.45) is 17.8 Å². The number of benzene rings is 4. The van der Waals surface area contributed by atoms with Crippen LogP contribution in [0, 0.1) is 48.1 Å². The van der Waals surface area contributed by atoms with Gasteiger partial charge in [-0.2, -0.15) is 0 Å². The van der Waals surface area contributed by atoms with Gasteiger partial charge in [0, 0.05) is 73.1 Å². The molecule has 0 saturated carbocycles. The quantitative estimate of drug-likeness (QED) is 0.0220. The van der Waals surface area contributed by atoms with E-state index >= 15 is 0 Å². The molecule has 0 aliphatic carbocycles. The Hall–Kier alpha value is -5.85. The molecule has 4 aromatic rings. The van der Waals surface area contributed by atoms with Gasteiger partial charge < -0.3 is 31.9 Å². The monoisotopic (exact) mass is 957 g/mol. The highest BCUT2D eigenvalue weighted by Gasteiger charge is 2.24. The van der Waals surface area contributed by atoms with Gasteiger partial charge in [0.05, 0.1) is 14.8 Å². The third-order valence-electron chi connectivity index (χ3n) is 11.1. The summed E-state index contributed by atoms with van der Waals surface area (Å²) in [6, 6.07) is 18.5. The number of nitrogens with one attached hydrogen (secondary N) is 6. The summed E-state index contributed by atoms with van der Waals surface area (Å²) in [4.78, 5) is 32.4. The minimum Gasteiger partial charge on any atom is -0.362 e. The Morgan fingerprint density at radius 1 is 0.409 bits per heavy atom. The molecule has 0 amide bonds. The average Bonchev–Trinajstić information content (AvgIpc) is 3.25. The first-order chi connectivity index (χ1) is 31.4. The number of nitrogens with zero attached hydrogens (tertiary/aromatic N) is 3. The summed E-state index contributed by atoms with van der Waals surface area (Å²) in [5.74, 6) is 1.39. The Balaban J connectivity index is 1.74. The van der Waals surface area contributed by atoms with Crippen molar-refractivity contribution in [2.75, 3.05) is 35.6 Å². The lowest BCUT2D eigenvalue weighted by Gasteiger charge is -2.29. The van der Waals surface area contributed by atoms with Crippen molar-refractivity contribution < 1.29 is 14.8 Å². The first kappa shape index (κ1) is 52.8. The van der Waals surface area contributed by atoms with Crippen LogP contribution in [0.15, 0.2) is 72.8 Å². The number of non-ortho nitro benzene ring substituents is 3. The maximum atomic E-state index is 11.2. The Kier molecular flexibility index (Phi) is 21.1. The van der Waals surface area contributed by atoms with Gasteiger partial charge in [0.25, 0.3) is 17.1 Å². The van der Waals surface area contributed by atoms with Crippen molar-refractivity contribution in [3.8, 4) is 0 Å². The highest BCUT2D eigenvalue weighted by Crippen LogP contribution is 2.35. The largest absolute Gasteiger partial charge is 0.362 e. The van der Waals surface area contributed by atoms with E-state index in [1.807, 2.05) is 0 Å². The van der Waals surface area contributed by atoms with E-state index in [0.717, 1.165) is 38.5 Å². The molecule has 4 aromatic carbocycles. The van der Waals surface area contributed by atoms with Crippen LogP contribution < -0.4 is 31.9 Å². The topological polar surface area (TPSA) is 202 Å². The van der Waals surface area contributed by atoms with Crippen molar-refractivity contribution in [1.29, 1.82) is 0 Å². The maximum absolute atomic E-state index is 11.2. The van der Waals surface area contributed by atoms with Gasteiger partial charge in [0.2, 0.25) is 0 Å². The summed E-state index contributed by atoms with van der Waals surface area (Å²) in [5.41, 5.74) is 9.98. The Morgan fingerprint density at radius 2 is 0.621 bits per heavy atom. The van der Waals surface area contributed by atoms with E-state index in [9.17, 15) is 30.3 Å².